The summed E-state index contributed by atoms with van der Waals surface area (Å²) < 4.78 is 25.0. The fraction of sp³-hybridized carbons (Fsp3) is 0.500. The van der Waals surface area contributed by atoms with E-state index in [1.165, 1.54) is 10.6 Å². The van der Waals surface area contributed by atoms with Crippen LogP contribution in [-0.2, 0) is 16.4 Å². The van der Waals surface area contributed by atoms with E-state index >= 15 is 0 Å². The Morgan fingerprint density at radius 1 is 1.11 bits per heavy atom. The van der Waals surface area contributed by atoms with E-state index in [0.29, 0.717) is 34.5 Å². The van der Waals surface area contributed by atoms with Crippen LogP contribution < -0.4 is 5.32 Å². The molecule has 0 saturated carbocycles. The van der Waals surface area contributed by atoms with E-state index in [2.05, 4.69) is 15.2 Å². The highest BCUT2D eigenvalue weighted by atomic mass is 35.5. The Hall–Kier alpha value is -1.91. The number of nitrogens with zero attached hydrogens (tertiary/aromatic N) is 4. The maximum Gasteiger partial charge on any atom is 0.254 e. The molecule has 1 saturated heterocycles. The quantitative estimate of drug-likeness (QED) is 0.547. The molecule has 2 aliphatic rings. The van der Waals surface area contributed by atoms with Crippen LogP contribution in [0.5, 0.6) is 0 Å². The Balaban J connectivity index is 1.29. The predicted octanol–water partition coefficient (Wildman–Crippen LogP) is 3.88. The average molecular weight is 541 g/mol. The molecule has 8 nitrogen and oxygen atoms in total. The number of carbonyl (C=O) groups excluding carboxylic acids is 1. The molecule has 2 aromatic rings. The lowest BCUT2D eigenvalue weighted by molar-refractivity contribution is 0.0727. The van der Waals surface area contributed by atoms with Crippen molar-refractivity contribution >= 4 is 50.6 Å². The van der Waals surface area contributed by atoms with Gasteiger partial charge in [-0.25, -0.2) is 17.7 Å². The molecule has 0 aliphatic carbocycles. The highest BCUT2D eigenvalue weighted by Gasteiger charge is 2.28. The Bertz CT molecular complexity index is 1190. The van der Waals surface area contributed by atoms with Gasteiger partial charge in [0.2, 0.25) is 10.0 Å². The minimum absolute atomic E-state index is 0.0272. The topological polar surface area (TPSA) is 85.8 Å². The van der Waals surface area contributed by atoms with Gasteiger partial charge in [-0.3, -0.25) is 4.79 Å². The summed E-state index contributed by atoms with van der Waals surface area (Å²) in [5.41, 5.74) is 2.39. The van der Waals surface area contributed by atoms with Crippen molar-refractivity contribution in [1.82, 2.24) is 19.1 Å². The number of hydrogen-bond donors (Lipinski definition) is 1. The first kappa shape index (κ1) is 26.2. The average Bonchev–Trinajstić information content (AvgIpc) is 2.82. The molecular weight excluding hydrogens is 509 g/mol. The zero-order chi connectivity index (χ0) is 25.2. The molecule has 0 unspecified atom stereocenters. The molecule has 1 N–H and O–H groups in total. The van der Waals surface area contributed by atoms with Crippen molar-refractivity contribution in [3.8, 4) is 0 Å². The van der Waals surface area contributed by atoms with Crippen molar-refractivity contribution in [3.05, 3.63) is 51.6 Å². The van der Waals surface area contributed by atoms with E-state index < -0.39 is 10.0 Å². The largest absolute Gasteiger partial charge is 0.340 e. The van der Waals surface area contributed by atoms with Crippen molar-refractivity contribution in [1.29, 1.82) is 0 Å². The molecule has 0 spiro atoms. The van der Waals surface area contributed by atoms with Gasteiger partial charge < -0.3 is 15.1 Å². The number of hydrogen-bond acceptors (Lipinski definition) is 6. The Labute approximate surface area is 217 Å². The van der Waals surface area contributed by atoms with Crippen LogP contribution in [0.1, 0.15) is 35.2 Å². The molecule has 190 valence electrons. The van der Waals surface area contributed by atoms with Crippen LogP contribution in [-0.4, -0.2) is 85.5 Å². The third-order valence-corrected chi connectivity index (χ3v) is 8.93. The van der Waals surface area contributed by atoms with Crippen LogP contribution in [0.3, 0.4) is 0 Å². The lowest BCUT2D eigenvalue weighted by Gasteiger charge is -2.36. The Kier molecular flexibility index (Phi) is 8.23. The third kappa shape index (κ3) is 6.46. The number of halogens is 2. The van der Waals surface area contributed by atoms with Crippen LogP contribution in [0.2, 0.25) is 10.0 Å². The van der Waals surface area contributed by atoms with E-state index in [0.717, 1.165) is 56.6 Å². The summed E-state index contributed by atoms with van der Waals surface area (Å²) in [5, 5.41) is 4.12. The van der Waals surface area contributed by atoms with Crippen LogP contribution in [0.25, 0.3) is 0 Å². The molecule has 0 bridgehead atoms. The number of fused-ring (bicyclic) bond motifs is 1. The molecule has 0 atom stereocenters. The Morgan fingerprint density at radius 3 is 2.54 bits per heavy atom. The SMILES string of the molecule is CN(C1CCN(CCCN2CCc3cnc(Nc4ccc(Cl)c(Cl)c4)cc3C2=O)CC1)S(C)(=O)=O. The van der Waals surface area contributed by atoms with Crippen LogP contribution >= 0.6 is 23.2 Å². The van der Waals surface area contributed by atoms with Gasteiger partial charge in [0.05, 0.1) is 16.3 Å². The maximum atomic E-state index is 13.2. The molecule has 3 heterocycles. The fourth-order valence-corrected chi connectivity index (χ4v) is 5.73. The molecule has 11 heteroatoms. The van der Waals surface area contributed by atoms with Gasteiger partial charge in [0, 0.05) is 43.6 Å². The van der Waals surface area contributed by atoms with Crippen LogP contribution in [0.4, 0.5) is 11.5 Å². The molecule has 1 fully saturated rings. The Morgan fingerprint density at radius 2 is 1.86 bits per heavy atom. The van der Waals surface area contributed by atoms with Gasteiger partial charge in [0.25, 0.3) is 5.91 Å². The van der Waals surface area contributed by atoms with Crippen molar-refractivity contribution in [2.45, 2.75) is 31.7 Å². The number of pyridine rings is 1. The highest BCUT2D eigenvalue weighted by molar-refractivity contribution is 7.88. The summed E-state index contributed by atoms with van der Waals surface area (Å²) in [7, 11) is -1.49. The number of carbonyl (C=O) groups is 1. The molecule has 0 radical (unpaired) electrons. The normalized spacial score (nSPS) is 17.6. The second-order valence-corrected chi connectivity index (χ2v) is 12.1. The summed E-state index contributed by atoms with van der Waals surface area (Å²) in [5.74, 6) is 0.610. The summed E-state index contributed by atoms with van der Waals surface area (Å²) in [6.07, 6.45) is 6.36. The first-order valence-corrected chi connectivity index (χ1v) is 14.4. The minimum atomic E-state index is -3.16. The molecule has 1 aromatic heterocycles. The van der Waals surface area contributed by atoms with Crippen molar-refractivity contribution in [2.24, 2.45) is 0 Å². The maximum absolute atomic E-state index is 13.2. The van der Waals surface area contributed by atoms with E-state index in [4.69, 9.17) is 23.2 Å². The van der Waals surface area contributed by atoms with E-state index in [1.54, 1.807) is 31.4 Å². The number of sulfonamides is 1. The van der Waals surface area contributed by atoms with E-state index in [1.807, 2.05) is 11.0 Å². The zero-order valence-electron chi connectivity index (χ0n) is 20.0. The van der Waals surface area contributed by atoms with Gasteiger partial charge in [0.1, 0.15) is 5.82 Å². The second-order valence-electron chi connectivity index (χ2n) is 9.23. The standard InChI is InChI=1S/C24H31Cl2N5O3S/c1-29(35(2,33)34)19-7-11-30(12-8-19)9-3-10-31-13-6-17-16-27-23(15-20(17)24(31)32)28-18-4-5-21(25)22(26)14-18/h4-5,14-16,19H,3,6-13H2,1-2H3,(H,27,28). The van der Waals surface area contributed by atoms with Crippen molar-refractivity contribution < 1.29 is 13.2 Å². The molecule has 1 amide bonds. The second kappa shape index (κ2) is 11.0. The fourth-order valence-electron chi connectivity index (χ4n) is 4.68. The molecule has 1 aromatic carbocycles. The minimum Gasteiger partial charge on any atom is -0.340 e. The van der Waals surface area contributed by atoms with E-state index in [-0.39, 0.29) is 11.9 Å². The number of nitrogens with one attached hydrogen (secondary N) is 1. The summed E-state index contributed by atoms with van der Waals surface area (Å²) in [4.78, 5) is 21.9. The number of rotatable bonds is 8. The molecule has 4 rings (SSSR count). The van der Waals surface area contributed by atoms with Gasteiger partial charge in [-0.15, -0.1) is 0 Å². The van der Waals surface area contributed by atoms with Crippen LogP contribution in [0.15, 0.2) is 30.5 Å². The van der Waals surface area contributed by atoms with Gasteiger partial charge >= 0.3 is 0 Å². The number of likely N-dealkylation sites (tertiary alicyclic amines) is 1. The first-order valence-electron chi connectivity index (χ1n) is 11.8. The van der Waals surface area contributed by atoms with Crippen molar-refractivity contribution in [3.63, 3.8) is 0 Å². The van der Waals surface area contributed by atoms with Gasteiger partial charge in [-0.05, 0) is 75.1 Å². The van der Waals surface area contributed by atoms with Crippen molar-refractivity contribution in [2.75, 3.05) is 51.3 Å². The predicted molar refractivity (Wildman–Crippen MR) is 140 cm³/mol. The highest BCUT2D eigenvalue weighted by Crippen LogP contribution is 2.28. The number of aromatic nitrogens is 1. The smallest absolute Gasteiger partial charge is 0.254 e. The number of amides is 1. The summed E-state index contributed by atoms with van der Waals surface area (Å²) in [6, 6.07) is 7.12. The van der Waals surface area contributed by atoms with Gasteiger partial charge in [0.15, 0.2) is 0 Å². The van der Waals surface area contributed by atoms with Crippen LogP contribution in [0, 0.1) is 0 Å². The zero-order valence-corrected chi connectivity index (χ0v) is 22.3. The van der Waals surface area contributed by atoms with Gasteiger partial charge in [-0.1, -0.05) is 23.2 Å². The third-order valence-electron chi connectivity index (χ3n) is 6.84. The van der Waals surface area contributed by atoms with E-state index in [9.17, 15) is 13.2 Å². The monoisotopic (exact) mass is 539 g/mol. The molecule has 35 heavy (non-hydrogen) atoms. The molecule has 2 aliphatic heterocycles. The summed E-state index contributed by atoms with van der Waals surface area (Å²) in [6.45, 7) is 4.02. The summed E-state index contributed by atoms with van der Waals surface area (Å²) >= 11 is 12.1. The van der Waals surface area contributed by atoms with Gasteiger partial charge in [-0.2, -0.15) is 0 Å². The lowest BCUT2D eigenvalue weighted by atomic mass is 10.0. The lowest BCUT2D eigenvalue weighted by Crippen LogP contribution is -2.46. The number of benzene rings is 1. The number of piperidine rings is 1. The number of anilines is 2. The first-order chi connectivity index (χ1) is 16.6. The molecular formula is C24H31Cl2N5O3S.